The van der Waals surface area contributed by atoms with Crippen LogP contribution in [0.25, 0.3) is 0 Å². The van der Waals surface area contributed by atoms with Crippen molar-refractivity contribution < 1.29 is 33.4 Å². The summed E-state index contributed by atoms with van der Waals surface area (Å²) in [6, 6.07) is 2.41. The van der Waals surface area contributed by atoms with Crippen molar-refractivity contribution in [3.05, 3.63) is 0 Å². The molecule has 0 fully saturated rings. The van der Waals surface area contributed by atoms with Gasteiger partial charge in [-0.2, -0.15) is 5.26 Å². The fourth-order valence-electron chi connectivity index (χ4n) is 8.04. The summed E-state index contributed by atoms with van der Waals surface area (Å²) in [5.41, 5.74) is 3.39. The molecule has 3 atom stereocenters. The molecule has 2 unspecified atom stereocenters. The van der Waals surface area contributed by atoms with E-state index in [1.54, 1.807) is 6.92 Å². The second-order valence-corrected chi connectivity index (χ2v) is 19.4. The summed E-state index contributed by atoms with van der Waals surface area (Å²) in [4.78, 5) is 51.1. The van der Waals surface area contributed by atoms with Gasteiger partial charge in [0.25, 0.3) is 0 Å². The van der Waals surface area contributed by atoms with Crippen molar-refractivity contribution in [3.63, 3.8) is 0 Å². The van der Waals surface area contributed by atoms with Crippen LogP contribution in [0.5, 0.6) is 0 Å². The van der Waals surface area contributed by atoms with Gasteiger partial charge in [0.1, 0.15) is 13.2 Å². The van der Waals surface area contributed by atoms with Crippen LogP contribution >= 0.6 is 0 Å². The second-order valence-electron chi connectivity index (χ2n) is 19.4. The van der Waals surface area contributed by atoms with Gasteiger partial charge in [0.05, 0.1) is 11.5 Å². The van der Waals surface area contributed by atoms with Crippen molar-refractivity contribution in [2.24, 2.45) is 27.9 Å². The van der Waals surface area contributed by atoms with E-state index in [0.717, 1.165) is 38.5 Å². The Bertz CT molecular complexity index is 1180. The van der Waals surface area contributed by atoms with Gasteiger partial charge in [0, 0.05) is 24.7 Å². The van der Waals surface area contributed by atoms with Crippen LogP contribution in [0.15, 0.2) is 0 Å². The highest BCUT2D eigenvalue weighted by Crippen LogP contribution is 2.51. The number of carbonyl (C=O) groups excluding carboxylic acids is 4. The van der Waals surface area contributed by atoms with E-state index in [0.29, 0.717) is 12.8 Å². The maximum absolute atomic E-state index is 13.1. The summed E-state index contributed by atoms with van der Waals surface area (Å²) in [5, 5.41) is 10.3. The molecular weight excluding hydrogens is 753 g/mol. The first-order valence-corrected chi connectivity index (χ1v) is 24.8. The van der Waals surface area contributed by atoms with Crippen molar-refractivity contribution in [1.82, 2.24) is 0 Å². The first-order valence-electron chi connectivity index (χ1n) is 24.8. The lowest BCUT2D eigenvalue weighted by molar-refractivity contribution is -0.167. The predicted octanol–water partition coefficient (Wildman–Crippen LogP) is 13.8. The zero-order chi connectivity index (χ0) is 45.1. The van der Waals surface area contributed by atoms with E-state index in [1.165, 1.54) is 128 Å². The predicted molar refractivity (Wildman–Crippen MR) is 246 cm³/mol. The summed E-state index contributed by atoms with van der Waals surface area (Å²) in [6.07, 6.45) is 31.8. The molecule has 0 aliphatic rings. The van der Waals surface area contributed by atoms with Crippen molar-refractivity contribution in [1.29, 1.82) is 5.26 Å². The van der Waals surface area contributed by atoms with Crippen molar-refractivity contribution in [2.75, 3.05) is 13.2 Å². The molecule has 0 spiro atoms. The number of hydrogen-bond acceptors (Lipinski definition) is 8. The van der Waals surface area contributed by atoms with Crippen molar-refractivity contribution in [2.45, 2.75) is 261 Å². The van der Waals surface area contributed by atoms with Crippen LogP contribution < -0.4 is 5.73 Å². The summed E-state index contributed by atoms with van der Waals surface area (Å²) >= 11 is 0. The molecule has 0 aliphatic carbocycles. The summed E-state index contributed by atoms with van der Waals surface area (Å²) < 4.78 is 16.8. The number of carbonyl (C=O) groups is 4. The zero-order valence-electron chi connectivity index (χ0n) is 40.4. The molecule has 350 valence electrons. The van der Waals surface area contributed by atoms with Gasteiger partial charge in [0.2, 0.25) is 5.91 Å². The molecule has 0 saturated heterocycles. The minimum absolute atomic E-state index is 0.0326. The molecule has 0 aromatic rings. The Labute approximate surface area is 369 Å². The summed E-state index contributed by atoms with van der Waals surface area (Å²) in [7, 11) is 0. The molecule has 0 heterocycles. The highest BCUT2D eigenvalue weighted by molar-refractivity contribution is 5.80. The van der Waals surface area contributed by atoms with E-state index < -0.39 is 40.2 Å². The molecule has 0 aliphatic heterocycles. The Balaban J connectivity index is 4.96. The number of hydrogen-bond donors (Lipinski definition) is 1. The fraction of sp³-hybridized carbons (Fsp3) is 0.902. The fourth-order valence-corrected chi connectivity index (χ4v) is 8.04. The molecule has 0 aromatic carbocycles. The number of nitriles is 1. The van der Waals surface area contributed by atoms with Gasteiger partial charge in [-0.15, -0.1) is 0 Å². The maximum atomic E-state index is 13.1. The van der Waals surface area contributed by atoms with E-state index in [-0.39, 0.29) is 44.4 Å². The zero-order valence-corrected chi connectivity index (χ0v) is 40.4. The number of unbranched alkanes of at least 4 members (excludes halogenated alkanes) is 24. The number of primary amides is 1. The molecular formula is C51H94N2O7. The van der Waals surface area contributed by atoms with Crippen LogP contribution in [0.4, 0.5) is 0 Å². The molecule has 2 N–H and O–H groups in total. The minimum atomic E-state index is -0.958. The van der Waals surface area contributed by atoms with Gasteiger partial charge in [-0.3, -0.25) is 19.2 Å². The highest BCUT2D eigenvalue weighted by atomic mass is 16.6. The van der Waals surface area contributed by atoms with Gasteiger partial charge < -0.3 is 19.9 Å². The molecule has 0 aromatic heterocycles. The van der Waals surface area contributed by atoms with E-state index >= 15 is 0 Å². The summed E-state index contributed by atoms with van der Waals surface area (Å²) in [6.45, 7) is 15.5. The smallest absolute Gasteiger partial charge is 0.306 e. The average Bonchev–Trinajstić information content (AvgIpc) is 3.20. The second kappa shape index (κ2) is 34.9. The Morgan fingerprint density at radius 2 is 0.867 bits per heavy atom. The molecule has 9 heteroatoms. The quantitative estimate of drug-likeness (QED) is 0.0363. The molecule has 0 rings (SSSR count). The van der Waals surface area contributed by atoms with E-state index in [9.17, 15) is 24.4 Å². The van der Waals surface area contributed by atoms with Gasteiger partial charge in [-0.05, 0) is 43.9 Å². The number of nitrogens with two attached hydrogens (primary N) is 1. The van der Waals surface area contributed by atoms with Crippen LogP contribution in [0, 0.1) is 33.5 Å². The molecule has 0 bridgehead atoms. The van der Waals surface area contributed by atoms with Gasteiger partial charge in [-0.1, -0.05) is 203 Å². The van der Waals surface area contributed by atoms with Crippen LogP contribution in [-0.4, -0.2) is 43.1 Å². The first-order chi connectivity index (χ1) is 28.6. The van der Waals surface area contributed by atoms with Gasteiger partial charge in [-0.25, -0.2) is 0 Å². The minimum Gasteiger partial charge on any atom is -0.462 e. The molecule has 1 amide bonds. The standard InChI is InChI=1S/C51H94N2O7/c1-9-11-13-15-17-19-21-23-25-27-29-31-33-35-45(54)58-39-44(60-47(56)36-34-32-30-28-26-24-22-20-18-16-14-12-10-2)40-59-46(55)37-38-50(7,42-52)49(5,6)41-51(8,43(3)4)48(53)57/h43-44H,9-41H2,1-8H3,(H2,53,57)/t44-,50?,51?/m1/s1. The molecule has 9 nitrogen and oxygen atoms in total. The average molecular weight is 847 g/mol. The van der Waals surface area contributed by atoms with Crippen molar-refractivity contribution >= 4 is 23.8 Å². The molecule has 60 heavy (non-hydrogen) atoms. The number of nitrogens with zero attached hydrogens (tertiary/aromatic N) is 1. The Morgan fingerprint density at radius 3 is 1.20 bits per heavy atom. The lowest BCUT2D eigenvalue weighted by Gasteiger charge is -2.45. The van der Waals surface area contributed by atoms with Crippen LogP contribution in [0.3, 0.4) is 0 Å². The lowest BCUT2D eigenvalue weighted by atomic mass is 9.57. The largest absolute Gasteiger partial charge is 0.462 e. The Hall–Kier alpha value is -2.63. The third-order valence-corrected chi connectivity index (χ3v) is 13.3. The van der Waals surface area contributed by atoms with E-state index in [2.05, 4.69) is 19.9 Å². The van der Waals surface area contributed by atoms with E-state index in [4.69, 9.17) is 19.9 Å². The third kappa shape index (κ3) is 27.3. The third-order valence-electron chi connectivity index (χ3n) is 13.3. The highest BCUT2D eigenvalue weighted by Gasteiger charge is 2.48. The summed E-state index contributed by atoms with van der Waals surface area (Å²) in [5.74, 6) is -1.73. The van der Waals surface area contributed by atoms with Crippen LogP contribution in [-0.2, 0) is 33.4 Å². The Kier molecular flexibility index (Phi) is 33.4. The SMILES string of the molecule is CCCCCCCCCCCCCCCC(=O)OC[C@H](COC(=O)CCC(C)(C#N)C(C)(C)CC(C)(C(N)=O)C(C)C)OC(=O)CCCCCCCCCCCCCCC. The van der Waals surface area contributed by atoms with E-state index in [1.807, 2.05) is 34.6 Å². The van der Waals surface area contributed by atoms with Crippen LogP contribution in [0.2, 0.25) is 0 Å². The van der Waals surface area contributed by atoms with Crippen LogP contribution in [0.1, 0.15) is 254 Å². The van der Waals surface area contributed by atoms with Gasteiger partial charge in [0.15, 0.2) is 6.10 Å². The number of ether oxygens (including phenoxy) is 3. The van der Waals surface area contributed by atoms with Gasteiger partial charge >= 0.3 is 17.9 Å². The first kappa shape index (κ1) is 57.4. The number of esters is 3. The molecule has 0 radical (unpaired) electrons. The Morgan fingerprint density at radius 1 is 0.533 bits per heavy atom. The van der Waals surface area contributed by atoms with Crippen molar-refractivity contribution in [3.8, 4) is 6.07 Å². The number of amides is 1. The molecule has 0 saturated carbocycles. The lowest BCUT2D eigenvalue weighted by Crippen LogP contribution is -2.46. The maximum Gasteiger partial charge on any atom is 0.306 e. The monoisotopic (exact) mass is 847 g/mol. The topological polar surface area (TPSA) is 146 Å². The normalized spacial score (nSPS) is 14.2. The number of rotatable bonds is 41.